The van der Waals surface area contributed by atoms with Gasteiger partial charge in [-0.05, 0) is 24.7 Å². The van der Waals surface area contributed by atoms with Crippen LogP contribution in [0.2, 0.25) is 0 Å². The maximum Gasteiger partial charge on any atom is 0.0961 e. The predicted molar refractivity (Wildman–Crippen MR) is 92.1 cm³/mol. The normalized spacial score (nSPS) is 13.0. The molecule has 0 aliphatic heterocycles. The van der Waals surface area contributed by atoms with Crippen molar-refractivity contribution in [2.24, 2.45) is 17.3 Å². The van der Waals surface area contributed by atoms with E-state index in [9.17, 15) is 0 Å². The van der Waals surface area contributed by atoms with Gasteiger partial charge in [0.15, 0.2) is 0 Å². The molecule has 124 valence electrons. The molecule has 21 heavy (non-hydrogen) atoms. The van der Waals surface area contributed by atoms with Gasteiger partial charge in [-0.25, -0.2) is 0 Å². The molecule has 2 heteroatoms. The third-order valence-electron chi connectivity index (χ3n) is 4.12. The van der Waals surface area contributed by atoms with Crippen LogP contribution in [-0.4, -0.2) is 13.2 Å². The Balaban J connectivity index is 4.98. The lowest BCUT2D eigenvalue weighted by molar-refractivity contribution is 0.00264. The van der Waals surface area contributed by atoms with E-state index >= 15 is 0 Å². The van der Waals surface area contributed by atoms with E-state index in [1.165, 1.54) is 25.7 Å². The summed E-state index contributed by atoms with van der Waals surface area (Å²) in [4.78, 5) is 0. The van der Waals surface area contributed by atoms with Crippen molar-refractivity contribution in [1.29, 1.82) is 0 Å². The third kappa shape index (κ3) is 8.85. The van der Waals surface area contributed by atoms with Crippen LogP contribution in [0.5, 0.6) is 0 Å². The number of rotatable bonds is 14. The van der Waals surface area contributed by atoms with Gasteiger partial charge < -0.3 is 9.47 Å². The van der Waals surface area contributed by atoms with Gasteiger partial charge in [-0.15, -0.1) is 0 Å². The van der Waals surface area contributed by atoms with E-state index < -0.39 is 0 Å². The van der Waals surface area contributed by atoms with Crippen molar-refractivity contribution in [2.75, 3.05) is 13.2 Å². The highest BCUT2D eigenvalue weighted by atomic mass is 16.5. The van der Waals surface area contributed by atoms with Gasteiger partial charge in [0, 0.05) is 5.41 Å². The Bertz CT molecular complexity index is 259. The highest BCUT2D eigenvalue weighted by Crippen LogP contribution is 2.37. The van der Waals surface area contributed by atoms with Crippen LogP contribution in [0.15, 0.2) is 25.7 Å². The molecule has 1 unspecified atom stereocenters. The van der Waals surface area contributed by atoms with Gasteiger partial charge >= 0.3 is 0 Å². The third-order valence-corrected chi connectivity index (χ3v) is 4.12. The summed E-state index contributed by atoms with van der Waals surface area (Å²) in [5, 5.41) is 0. The molecule has 0 rings (SSSR count). The van der Waals surface area contributed by atoms with Crippen molar-refractivity contribution < 1.29 is 9.47 Å². The average Bonchev–Trinajstić information content (AvgIpc) is 2.46. The molecule has 0 aromatic rings. The molecule has 0 fully saturated rings. The number of hydrogen-bond donors (Lipinski definition) is 0. The average molecular weight is 296 g/mol. The van der Waals surface area contributed by atoms with Crippen LogP contribution in [0.3, 0.4) is 0 Å². The quantitative estimate of drug-likeness (QED) is 0.369. The summed E-state index contributed by atoms with van der Waals surface area (Å²) in [6.07, 6.45) is 10.5. The van der Waals surface area contributed by atoms with Crippen molar-refractivity contribution in [3.63, 3.8) is 0 Å². The molecular weight excluding hydrogens is 260 g/mol. The molecule has 0 aliphatic rings. The molecule has 2 nitrogen and oxygen atoms in total. The molecule has 0 spiro atoms. The fourth-order valence-corrected chi connectivity index (χ4v) is 3.25. The fraction of sp³-hybridized carbons (Fsp3) is 0.789. The van der Waals surface area contributed by atoms with E-state index in [2.05, 4.69) is 40.9 Å². The molecule has 0 aromatic carbocycles. The maximum absolute atomic E-state index is 5.60. The first-order valence-electron chi connectivity index (χ1n) is 8.48. The molecular formula is C19H36O2. The van der Waals surface area contributed by atoms with E-state index in [4.69, 9.17) is 9.47 Å². The van der Waals surface area contributed by atoms with Gasteiger partial charge in [-0.2, -0.15) is 0 Å². The van der Waals surface area contributed by atoms with E-state index in [-0.39, 0.29) is 5.41 Å². The van der Waals surface area contributed by atoms with Gasteiger partial charge in [0.2, 0.25) is 0 Å². The summed E-state index contributed by atoms with van der Waals surface area (Å²) in [7, 11) is 0. The van der Waals surface area contributed by atoms with Gasteiger partial charge in [0.25, 0.3) is 0 Å². The van der Waals surface area contributed by atoms with Gasteiger partial charge in [-0.3, -0.25) is 0 Å². The predicted octanol–water partition coefficient (Wildman–Crippen LogP) is 5.95. The molecule has 0 aromatic heterocycles. The summed E-state index contributed by atoms with van der Waals surface area (Å²) < 4.78 is 11.2. The van der Waals surface area contributed by atoms with Gasteiger partial charge in [-0.1, -0.05) is 66.5 Å². The van der Waals surface area contributed by atoms with Crippen LogP contribution in [0.1, 0.15) is 66.2 Å². The molecule has 0 radical (unpaired) electrons. The summed E-state index contributed by atoms with van der Waals surface area (Å²) >= 11 is 0. The van der Waals surface area contributed by atoms with Gasteiger partial charge in [0.05, 0.1) is 25.7 Å². The first-order chi connectivity index (χ1) is 10.0. The summed E-state index contributed by atoms with van der Waals surface area (Å²) in [5.41, 5.74) is 0.0605. The second-order valence-electron chi connectivity index (χ2n) is 6.67. The molecule has 0 bridgehead atoms. The lowest BCUT2D eigenvalue weighted by Gasteiger charge is -2.37. The lowest BCUT2D eigenvalue weighted by atomic mass is 9.73. The maximum atomic E-state index is 5.60. The van der Waals surface area contributed by atoms with Crippen molar-refractivity contribution >= 4 is 0 Å². The first-order valence-corrected chi connectivity index (χ1v) is 8.48. The van der Waals surface area contributed by atoms with E-state index in [1.54, 1.807) is 12.5 Å². The van der Waals surface area contributed by atoms with Crippen LogP contribution < -0.4 is 0 Å². The largest absolute Gasteiger partial charge is 0.501 e. The minimum Gasteiger partial charge on any atom is -0.501 e. The van der Waals surface area contributed by atoms with E-state index in [0.717, 1.165) is 18.8 Å². The van der Waals surface area contributed by atoms with Crippen molar-refractivity contribution in [3.8, 4) is 0 Å². The molecule has 0 aliphatic carbocycles. The topological polar surface area (TPSA) is 18.5 Å². The number of unbranched alkanes of at least 4 members (excludes halogenated alkanes) is 1. The highest BCUT2D eigenvalue weighted by molar-refractivity contribution is 4.84. The summed E-state index contributed by atoms with van der Waals surface area (Å²) in [5.74, 6) is 1.36. The van der Waals surface area contributed by atoms with E-state index in [0.29, 0.717) is 19.1 Å². The Kier molecular flexibility index (Phi) is 11.2. The second-order valence-corrected chi connectivity index (χ2v) is 6.67. The Hall–Kier alpha value is -0.920. The summed E-state index contributed by atoms with van der Waals surface area (Å²) in [6.45, 7) is 17.8. The van der Waals surface area contributed by atoms with Crippen molar-refractivity contribution in [3.05, 3.63) is 25.7 Å². The zero-order valence-electron chi connectivity index (χ0n) is 14.7. The number of ether oxygens (including phenoxy) is 2. The minimum atomic E-state index is 0.0605. The number of hydrogen-bond acceptors (Lipinski definition) is 2. The fourth-order valence-electron chi connectivity index (χ4n) is 3.25. The van der Waals surface area contributed by atoms with Crippen molar-refractivity contribution in [1.82, 2.24) is 0 Å². The molecule has 0 heterocycles. The van der Waals surface area contributed by atoms with Crippen LogP contribution >= 0.6 is 0 Å². The molecule has 0 amide bonds. The molecule has 0 saturated carbocycles. The standard InChI is InChI=1S/C19H36O2/c1-7-11-12-18(8-2)14-19(13-17(5)6,15-20-9-3)16-21-10-4/h9-10,17-18H,3-4,7-8,11-16H2,1-2,5-6H3. The Morgan fingerprint density at radius 2 is 1.57 bits per heavy atom. The lowest BCUT2D eigenvalue weighted by Crippen LogP contribution is -2.35. The minimum absolute atomic E-state index is 0.0605. The Morgan fingerprint density at radius 3 is 1.95 bits per heavy atom. The van der Waals surface area contributed by atoms with Crippen LogP contribution in [0.25, 0.3) is 0 Å². The smallest absolute Gasteiger partial charge is 0.0961 e. The van der Waals surface area contributed by atoms with E-state index in [1.807, 2.05) is 0 Å². The second kappa shape index (κ2) is 11.7. The molecule has 0 N–H and O–H groups in total. The van der Waals surface area contributed by atoms with Crippen LogP contribution in [-0.2, 0) is 9.47 Å². The van der Waals surface area contributed by atoms with Crippen LogP contribution in [0.4, 0.5) is 0 Å². The molecule has 0 saturated heterocycles. The van der Waals surface area contributed by atoms with Crippen molar-refractivity contribution in [2.45, 2.75) is 66.2 Å². The monoisotopic (exact) mass is 296 g/mol. The van der Waals surface area contributed by atoms with Crippen LogP contribution in [0, 0.1) is 17.3 Å². The summed E-state index contributed by atoms with van der Waals surface area (Å²) in [6, 6.07) is 0. The Labute approximate surface area is 132 Å². The highest BCUT2D eigenvalue weighted by Gasteiger charge is 2.34. The Morgan fingerprint density at radius 1 is 1.00 bits per heavy atom. The first kappa shape index (κ1) is 20.1. The molecule has 1 atom stereocenters. The zero-order valence-corrected chi connectivity index (χ0v) is 14.7. The van der Waals surface area contributed by atoms with Gasteiger partial charge in [0.1, 0.15) is 0 Å². The SMILES string of the molecule is C=COCC(COC=C)(CC(C)C)CC(CC)CCCC. The zero-order chi connectivity index (χ0) is 16.1.